The first-order valence-corrected chi connectivity index (χ1v) is 14.0. The summed E-state index contributed by atoms with van der Waals surface area (Å²) in [5.41, 5.74) is 3.58. The second-order valence-corrected chi connectivity index (χ2v) is 10.5. The van der Waals surface area contributed by atoms with Gasteiger partial charge in [-0.3, -0.25) is 4.79 Å². The van der Waals surface area contributed by atoms with E-state index in [1.807, 2.05) is 36.4 Å². The van der Waals surface area contributed by atoms with E-state index in [0.717, 1.165) is 66.8 Å². The molecule has 40 heavy (non-hydrogen) atoms. The number of hydrogen-bond donors (Lipinski definition) is 3. The number of nitrogens with one attached hydrogen (secondary N) is 3. The minimum absolute atomic E-state index is 0.0659. The highest BCUT2D eigenvalue weighted by atomic mass is 35.5. The van der Waals surface area contributed by atoms with Crippen LogP contribution >= 0.6 is 11.6 Å². The smallest absolute Gasteiger partial charge is 0.216 e. The Balaban J connectivity index is 1.18. The monoisotopic (exact) mass is 564 g/mol. The molecular weight excluding hydrogens is 531 g/mol. The van der Waals surface area contributed by atoms with E-state index >= 15 is 0 Å². The van der Waals surface area contributed by atoms with Crippen LogP contribution in [0.3, 0.4) is 0 Å². The van der Waals surface area contributed by atoms with Crippen LogP contribution in [0.25, 0.3) is 22.4 Å². The zero-order valence-corrected chi connectivity index (χ0v) is 23.3. The van der Waals surface area contributed by atoms with E-state index in [9.17, 15) is 9.18 Å². The second-order valence-electron chi connectivity index (χ2n) is 10.1. The average molecular weight is 565 g/mol. The Kier molecular flexibility index (Phi) is 9.26. The van der Waals surface area contributed by atoms with Crippen molar-refractivity contribution in [3.8, 4) is 11.4 Å². The third-order valence-corrected chi connectivity index (χ3v) is 7.44. The number of amides is 1. The minimum Gasteiger partial charge on any atom is -0.372 e. The number of fused-ring (bicyclic) bond motifs is 1. The van der Waals surface area contributed by atoms with Crippen LogP contribution in [-0.4, -0.2) is 64.6 Å². The maximum Gasteiger partial charge on any atom is 0.216 e. The summed E-state index contributed by atoms with van der Waals surface area (Å²) in [6.45, 7) is 5.79. The fraction of sp³-hybridized carbons (Fsp3) is 0.367. The van der Waals surface area contributed by atoms with Gasteiger partial charge in [-0.1, -0.05) is 48.0 Å². The van der Waals surface area contributed by atoms with Gasteiger partial charge in [-0.2, -0.15) is 0 Å². The van der Waals surface area contributed by atoms with Crippen LogP contribution in [0.15, 0.2) is 54.6 Å². The van der Waals surface area contributed by atoms with Crippen LogP contribution in [0, 0.1) is 5.82 Å². The lowest BCUT2D eigenvalue weighted by Crippen LogP contribution is -2.38. The number of carbonyl (C=O) groups excluding carboxylic acids is 1. The Morgan fingerprint density at radius 2 is 1.93 bits per heavy atom. The van der Waals surface area contributed by atoms with Gasteiger partial charge in [0, 0.05) is 55.9 Å². The Morgan fingerprint density at radius 1 is 1.12 bits per heavy atom. The molecule has 5 rings (SSSR count). The van der Waals surface area contributed by atoms with Gasteiger partial charge < -0.3 is 25.3 Å². The Bertz CT molecular complexity index is 1440. The van der Waals surface area contributed by atoms with Crippen molar-refractivity contribution in [1.29, 1.82) is 0 Å². The van der Waals surface area contributed by atoms with Gasteiger partial charge in [-0.25, -0.2) is 14.4 Å². The highest BCUT2D eigenvalue weighted by molar-refractivity contribution is 6.31. The number of hydrogen-bond acceptors (Lipinski definition) is 6. The van der Waals surface area contributed by atoms with Crippen LogP contribution in [0.1, 0.15) is 31.0 Å². The first-order valence-electron chi connectivity index (χ1n) is 13.7. The van der Waals surface area contributed by atoms with Crippen molar-refractivity contribution < 1.29 is 13.9 Å². The summed E-state index contributed by atoms with van der Waals surface area (Å²) < 4.78 is 19.6. The molecule has 0 aliphatic carbocycles. The van der Waals surface area contributed by atoms with Gasteiger partial charge in [0.15, 0.2) is 5.82 Å². The molecule has 0 saturated carbocycles. The fourth-order valence-electron chi connectivity index (χ4n) is 4.92. The van der Waals surface area contributed by atoms with Crippen molar-refractivity contribution in [2.24, 2.45) is 0 Å². The molecule has 10 heteroatoms. The number of carbonyl (C=O) groups is 1. The SMILES string of the molecule is CC(=O)NCCNc1nc(-c2ccccc2)nc2[nH]c(COC3CCN(CCc4ccc(F)cc4Cl)CC3)cc12. The standard InChI is InChI=1S/C30H34ClFN6O2/c1-20(39)33-12-13-34-29-26-18-24(35-30(26)37-28(36-29)22-5-3-2-4-6-22)19-40-25-10-15-38(16-11-25)14-9-21-7-8-23(32)17-27(21)31/h2-8,17-18,25H,9-16,19H2,1H3,(H,33,39)(H2,34,35,36,37). The second kappa shape index (κ2) is 13.2. The zero-order chi connectivity index (χ0) is 27.9. The summed E-state index contributed by atoms with van der Waals surface area (Å²) in [5.74, 6) is 0.966. The number of halogens is 2. The number of aromatic amines is 1. The first kappa shape index (κ1) is 28.0. The lowest BCUT2D eigenvalue weighted by atomic mass is 10.1. The van der Waals surface area contributed by atoms with Crippen LogP contribution in [0.5, 0.6) is 0 Å². The van der Waals surface area contributed by atoms with E-state index in [-0.39, 0.29) is 17.8 Å². The molecule has 1 aliphatic rings. The third kappa shape index (κ3) is 7.35. The number of anilines is 1. The number of ether oxygens (including phenoxy) is 1. The normalized spacial score (nSPS) is 14.5. The van der Waals surface area contributed by atoms with Crippen LogP contribution < -0.4 is 10.6 Å². The van der Waals surface area contributed by atoms with Crippen LogP contribution in [0.4, 0.5) is 10.2 Å². The number of H-pyrrole nitrogens is 1. The molecule has 1 amide bonds. The van der Waals surface area contributed by atoms with Crippen molar-refractivity contribution in [2.45, 2.75) is 38.9 Å². The molecular formula is C30H34ClFN6O2. The maximum absolute atomic E-state index is 13.3. The van der Waals surface area contributed by atoms with E-state index in [4.69, 9.17) is 26.3 Å². The fourth-order valence-corrected chi connectivity index (χ4v) is 5.18. The van der Waals surface area contributed by atoms with Gasteiger partial charge in [-0.15, -0.1) is 0 Å². The Hall–Kier alpha value is -3.53. The van der Waals surface area contributed by atoms with Gasteiger partial charge in [0.25, 0.3) is 0 Å². The molecule has 1 saturated heterocycles. The Morgan fingerprint density at radius 3 is 2.67 bits per heavy atom. The molecule has 0 bridgehead atoms. The molecule has 210 valence electrons. The summed E-state index contributed by atoms with van der Waals surface area (Å²) >= 11 is 6.18. The van der Waals surface area contributed by atoms with Gasteiger partial charge in [-0.05, 0) is 43.0 Å². The molecule has 1 aliphatic heterocycles. The lowest BCUT2D eigenvalue weighted by molar-refractivity contribution is -0.118. The average Bonchev–Trinajstić information content (AvgIpc) is 3.38. The van der Waals surface area contributed by atoms with Crippen molar-refractivity contribution in [1.82, 2.24) is 25.2 Å². The number of nitrogens with zero attached hydrogens (tertiary/aromatic N) is 3. The first-order chi connectivity index (χ1) is 19.4. The molecule has 2 aromatic carbocycles. The molecule has 0 unspecified atom stereocenters. The van der Waals surface area contributed by atoms with Gasteiger partial charge in [0.2, 0.25) is 5.91 Å². The van der Waals surface area contributed by atoms with E-state index in [1.54, 1.807) is 6.07 Å². The van der Waals surface area contributed by atoms with E-state index in [0.29, 0.717) is 36.4 Å². The third-order valence-electron chi connectivity index (χ3n) is 7.09. The summed E-state index contributed by atoms with van der Waals surface area (Å²) in [7, 11) is 0. The van der Waals surface area contributed by atoms with Crippen LogP contribution in [0.2, 0.25) is 5.02 Å². The molecule has 1 fully saturated rings. The molecule has 3 N–H and O–H groups in total. The number of benzene rings is 2. The molecule has 2 aromatic heterocycles. The topological polar surface area (TPSA) is 95.2 Å². The summed E-state index contributed by atoms with van der Waals surface area (Å²) in [6, 6.07) is 16.5. The number of likely N-dealkylation sites (tertiary alicyclic amines) is 1. The van der Waals surface area contributed by atoms with Gasteiger partial charge in [0.1, 0.15) is 17.3 Å². The summed E-state index contributed by atoms with van der Waals surface area (Å²) in [4.78, 5) is 26.6. The molecule has 0 radical (unpaired) electrons. The molecule has 3 heterocycles. The van der Waals surface area contributed by atoms with Crippen molar-refractivity contribution in [3.05, 3.63) is 76.7 Å². The maximum atomic E-state index is 13.3. The molecule has 0 atom stereocenters. The molecule has 0 spiro atoms. The molecule has 8 nitrogen and oxygen atoms in total. The van der Waals surface area contributed by atoms with Gasteiger partial charge in [0.05, 0.1) is 18.1 Å². The number of piperidine rings is 1. The highest BCUT2D eigenvalue weighted by Crippen LogP contribution is 2.27. The van der Waals surface area contributed by atoms with Crippen LogP contribution in [-0.2, 0) is 22.6 Å². The quantitative estimate of drug-likeness (QED) is 0.217. The predicted molar refractivity (Wildman–Crippen MR) is 156 cm³/mol. The lowest BCUT2D eigenvalue weighted by Gasteiger charge is -2.31. The highest BCUT2D eigenvalue weighted by Gasteiger charge is 2.21. The van der Waals surface area contributed by atoms with Crippen molar-refractivity contribution in [3.63, 3.8) is 0 Å². The summed E-state index contributed by atoms with van der Waals surface area (Å²) in [6.07, 6.45) is 2.88. The largest absolute Gasteiger partial charge is 0.372 e. The molecule has 4 aromatic rings. The van der Waals surface area contributed by atoms with E-state index in [2.05, 4.69) is 20.5 Å². The minimum atomic E-state index is -0.306. The van der Waals surface area contributed by atoms with Gasteiger partial charge >= 0.3 is 0 Å². The predicted octanol–water partition coefficient (Wildman–Crippen LogP) is 5.19. The van der Waals surface area contributed by atoms with E-state index < -0.39 is 0 Å². The summed E-state index contributed by atoms with van der Waals surface area (Å²) in [5, 5.41) is 7.52. The van der Waals surface area contributed by atoms with Crippen molar-refractivity contribution >= 4 is 34.4 Å². The Labute approximate surface area is 238 Å². The number of aromatic nitrogens is 3. The number of rotatable bonds is 11. The van der Waals surface area contributed by atoms with Crippen molar-refractivity contribution in [2.75, 3.05) is 38.0 Å². The van der Waals surface area contributed by atoms with E-state index in [1.165, 1.54) is 19.1 Å². The zero-order valence-electron chi connectivity index (χ0n) is 22.6.